The van der Waals surface area contributed by atoms with E-state index in [1.807, 2.05) is 4.90 Å². The Morgan fingerprint density at radius 3 is 2.67 bits per heavy atom. The fourth-order valence-electron chi connectivity index (χ4n) is 3.51. The van der Waals surface area contributed by atoms with Crippen molar-refractivity contribution in [1.29, 1.82) is 0 Å². The standard InChI is InChI=1S/C23H23ClN2O4/c24-17-5-3-16(4-6-17)20-15-30-21-14-18(7-8-19(21)23(20)28)29-13-1-2-22(27)26-11-9-25-10-12-26/h3-8,14-15,25H,1-2,9-13H2. The molecule has 0 atom stereocenters. The van der Waals surface area contributed by atoms with E-state index in [0.717, 1.165) is 31.7 Å². The summed E-state index contributed by atoms with van der Waals surface area (Å²) in [6.45, 7) is 3.66. The minimum absolute atomic E-state index is 0.105. The zero-order chi connectivity index (χ0) is 20.9. The summed E-state index contributed by atoms with van der Waals surface area (Å²) in [7, 11) is 0. The summed E-state index contributed by atoms with van der Waals surface area (Å²) >= 11 is 5.92. The van der Waals surface area contributed by atoms with E-state index < -0.39 is 0 Å². The molecule has 2 aromatic carbocycles. The van der Waals surface area contributed by atoms with E-state index in [-0.39, 0.29) is 11.3 Å². The number of halogens is 1. The van der Waals surface area contributed by atoms with Crippen LogP contribution in [0.3, 0.4) is 0 Å². The van der Waals surface area contributed by atoms with Gasteiger partial charge in [0.15, 0.2) is 5.43 Å². The van der Waals surface area contributed by atoms with Gasteiger partial charge in [0, 0.05) is 43.7 Å². The van der Waals surface area contributed by atoms with Gasteiger partial charge in [0.25, 0.3) is 0 Å². The van der Waals surface area contributed by atoms with Crippen molar-refractivity contribution in [3.05, 3.63) is 64.0 Å². The molecule has 1 saturated heterocycles. The molecule has 6 nitrogen and oxygen atoms in total. The van der Waals surface area contributed by atoms with Crippen molar-refractivity contribution in [2.24, 2.45) is 0 Å². The Balaban J connectivity index is 1.39. The second kappa shape index (κ2) is 9.32. The number of carbonyl (C=O) groups is 1. The van der Waals surface area contributed by atoms with Crippen molar-refractivity contribution in [1.82, 2.24) is 10.2 Å². The first-order valence-electron chi connectivity index (χ1n) is 10.0. The van der Waals surface area contributed by atoms with Crippen LogP contribution in [0, 0.1) is 0 Å². The summed E-state index contributed by atoms with van der Waals surface area (Å²) in [5, 5.41) is 4.34. The van der Waals surface area contributed by atoms with Gasteiger partial charge in [0.05, 0.1) is 17.6 Å². The van der Waals surface area contributed by atoms with Crippen LogP contribution < -0.4 is 15.5 Å². The van der Waals surface area contributed by atoms with Gasteiger partial charge in [-0.3, -0.25) is 9.59 Å². The van der Waals surface area contributed by atoms with E-state index in [2.05, 4.69) is 5.32 Å². The number of rotatable bonds is 6. The number of hydrogen-bond acceptors (Lipinski definition) is 5. The van der Waals surface area contributed by atoms with Gasteiger partial charge in [-0.05, 0) is 36.2 Å². The van der Waals surface area contributed by atoms with Gasteiger partial charge in [-0.15, -0.1) is 0 Å². The lowest BCUT2D eigenvalue weighted by molar-refractivity contribution is -0.132. The summed E-state index contributed by atoms with van der Waals surface area (Å²) in [5.41, 5.74) is 1.60. The number of piperazine rings is 1. The molecule has 0 aliphatic carbocycles. The molecule has 4 rings (SSSR count). The molecule has 1 aliphatic heterocycles. The monoisotopic (exact) mass is 426 g/mol. The van der Waals surface area contributed by atoms with Crippen molar-refractivity contribution >= 4 is 28.5 Å². The third-order valence-corrected chi connectivity index (χ3v) is 5.43. The predicted molar refractivity (Wildman–Crippen MR) is 117 cm³/mol. The third-order valence-electron chi connectivity index (χ3n) is 5.17. The van der Waals surface area contributed by atoms with E-state index >= 15 is 0 Å². The van der Waals surface area contributed by atoms with Crippen molar-refractivity contribution < 1.29 is 13.9 Å². The fraction of sp³-hybridized carbons (Fsp3) is 0.304. The van der Waals surface area contributed by atoms with Crippen molar-refractivity contribution in [2.75, 3.05) is 32.8 Å². The minimum Gasteiger partial charge on any atom is -0.493 e. The number of carbonyl (C=O) groups excluding carboxylic acids is 1. The Morgan fingerprint density at radius 1 is 1.13 bits per heavy atom. The van der Waals surface area contributed by atoms with E-state index in [1.54, 1.807) is 42.5 Å². The maximum atomic E-state index is 12.8. The molecule has 30 heavy (non-hydrogen) atoms. The summed E-state index contributed by atoms with van der Waals surface area (Å²) in [6.07, 6.45) is 2.57. The van der Waals surface area contributed by atoms with Gasteiger partial charge in [0.2, 0.25) is 5.91 Å². The van der Waals surface area contributed by atoms with Crippen molar-refractivity contribution in [2.45, 2.75) is 12.8 Å². The highest BCUT2D eigenvalue weighted by atomic mass is 35.5. The first kappa shape index (κ1) is 20.4. The highest BCUT2D eigenvalue weighted by molar-refractivity contribution is 6.30. The van der Waals surface area contributed by atoms with Crippen LogP contribution in [0.1, 0.15) is 12.8 Å². The molecule has 2 heterocycles. The van der Waals surface area contributed by atoms with Crippen LogP contribution in [0.5, 0.6) is 5.75 Å². The second-order valence-corrected chi connectivity index (χ2v) is 7.66. The fourth-order valence-corrected chi connectivity index (χ4v) is 3.64. The molecule has 1 amide bonds. The molecule has 1 aromatic heterocycles. The quantitative estimate of drug-likeness (QED) is 0.608. The lowest BCUT2D eigenvalue weighted by Crippen LogP contribution is -2.46. The van der Waals surface area contributed by atoms with Gasteiger partial charge in [-0.2, -0.15) is 0 Å². The largest absolute Gasteiger partial charge is 0.493 e. The van der Waals surface area contributed by atoms with Crippen LogP contribution in [-0.2, 0) is 4.79 Å². The molecule has 3 aromatic rings. The number of ether oxygens (including phenoxy) is 1. The third kappa shape index (κ3) is 4.66. The van der Waals surface area contributed by atoms with E-state index in [0.29, 0.717) is 46.8 Å². The average molecular weight is 427 g/mol. The van der Waals surface area contributed by atoms with Crippen molar-refractivity contribution in [3.8, 4) is 16.9 Å². The molecule has 0 radical (unpaired) electrons. The molecule has 1 fully saturated rings. The Kier molecular flexibility index (Phi) is 6.35. The first-order chi connectivity index (χ1) is 14.6. The van der Waals surface area contributed by atoms with E-state index in [4.69, 9.17) is 20.8 Å². The highest BCUT2D eigenvalue weighted by Crippen LogP contribution is 2.24. The number of nitrogens with zero attached hydrogens (tertiary/aromatic N) is 1. The van der Waals surface area contributed by atoms with Crippen molar-refractivity contribution in [3.63, 3.8) is 0 Å². The SMILES string of the molecule is O=C(CCCOc1ccc2c(=O)c(-c3ccc(Cl)cc3)coc2c1)N1CCNCC1. The molecule has 1 N–H and O–H groups in total. The number of amides is 1. The van der Waals surface area contributed by atoms with Crippen LogP contribution in [0.4, 0.5) is 0 Å². The van der Waals surface area contributed by atoms with Gasteiger partial charge in [-0.1, -0.05) is 23.7 Å². The number of hydrogen-bond donors (Lipinski definition) is 1. The average Bonchev–Trinajstić information content (AvgIpc) is 2.78. The maximum Gasteiger partial charge on any atom is 0.222 e. The smallest absolute Gasteiger partial charge is 0.222 e. The second-order valence-electron chi connectivity index (χ2n) is 7.23. The predicted octanol–water partition coefficient (Wildman–Crippen LogP) is 3.70. The molecule has 0 bridgehead atoms. The molecule has 0 saturated carbocycles. The lowest BCUT2D eigenvalue weighted by atomic mass is 10.1. The van der Waals surface area contributed by atoms with E-state index in [9.17, 15) is 9.59 Å². The van der Waals surface area contributed by atoms with Crippen LogP contribution in [0.2, 0.25) is 5.02 Å². The summed E-state index contributed by atoms with van der Waals surface area (Å²) in [5.74, 6) is 0.777. The van der Waals surface area contributed by atoms with E-state index in [1.165, 1.54) is 6.26 Å². The molecule has 0 unspecified atom stereocenters. The number of nitrogens with one attached hydrogen (secondary N) is 1. The maximum absolute atomic E-state index is 12.8. The Hall–Kier alpha value is -2.83. The molecular weight excluding hydrogens is 404 g/mol. The summed E-state index contributed by atoms with van der Waals surface area (Å²) in [6, 6.07) is 12.2. The highest BCUT2D eigenvalue weighted by Gasteiger charge is 2.15. The molecule has 7 heteroatoms. The normalized spacial score (nSPS) is 14.1. The number of benzene rings is 2. The van der Waals surface area contributed by atoms with Crippen LogP contribution in [0.15, 0.2) is 57.9 Å². The molecule has 0 spiro atoms. The Morgan fingerprint density at radius 2 is 1.90 bits per heavy atom. The summed E-state index contributed by atoms with van der Waals surface area (Å²) < 4.78 is 11.5. The topological polar surface area (TPSA) is 71.8 Å². The molecular formula is C23H23ClN2O4. The van der Waals surface area contributed by atoms with Crippen LogP contribution in [-0.4, -0.2) is 43.6 Å². The molecule has 1 aliphatic rings. The van der Waals surface area contributed by atoms with Gasteiger partial charge >= 0.3 is 0 Å². The first-order valence-corrected chi connectivity index (χ1v) is 10.4. The Bertz CT molecular complexity index is 1090. The number of fused-ring (bicyclic) bond motifs is 1. The van der Waals surface area contributed by atoms with Gasteiger partial charge in [0.1, 0.15) is 17.6 Å². The lowest BCUT2D eigenvalue weighted by Gasteiger charge is -2.27. The zero-order valence-electron chi connectivity index (χ0n) is 16.5. The van der Waals surface area contributed by atoms with Gasteiger partial charge in [-0.25, -0.2) is 0 Å². The zero-order valence-corrected chi connectivity index (χ0v) is 17.3. The Labute approximate surface area is 179 Å². The minimum atomic E-state index is -0.105. The van der Waals surface area contributed by atoms with Gasteiger partial charge < -0.3 is 19.4 Å². The summed E-state index contributed by atoms with van der Waals surface area (Å²) in [4.78, 5) is 26.9. The molecule has 156 valence electrons. The van der Waals surface area contributed by atoms with Crippen LogP contribution in [0.25, 0.3) is 22.1 Å². The van der Waals surface area contributed by atoms with Crippen LogP contribution >= 0.6 is 11.6 Å².